The summed E-state index contributed by atoms with van der Waals surface area (Å²) in [5.74, 6) is 0.279. The Balaban J connectivity index is 1.99. The van der Waals surface area contributed by atoms with Gasteiger partial charge in [-0.15, -0.1) is 0 Å². The van der Waals surface area contributed by atoms with E-state index in [0.29, 0.717) is 12.2 Å². The van der Waals surface area contributed by atoms with Crippen molar-refractivity contribution in [1.82, 2.24) is 9.97 Å². The van der Waals surface area contributed by atoms with E-state index in [2.05, 4.69) is 9.97 Å². The maximum Gasteiger partial charge on any atom is 0.113 e. The fourth-order valence-corrected chi connectivity index (χ4v) is 2.43. The third-order valence-corrected chi connectivity index (χ3v) is 3.41. The van der Waals surface area contributed by atoms with Crippen molar-refractivity contribution >= 4 is 11.0 Å². The van der Waals surface area contributed by atoms with Gasteiger partial charge in [0.2, 0.25) is 0 Å². The van der Waals surface area contributed by atoms with Crippen LogP contribution in [-0.4, -0.2) is 43.6 Å². The molecule has 0 unspecified atom stereocenters. The number of aromatic amines is 1. The summed E-state index contributed by atoms with van der Waals surface area (Å²) in [4.78, 5) is 7.49. The molecule has 4 N–H and O–H groups in total. The maximum absolute atomic E-state index is 9.84. The van der Waals surface area contributed by atoms with Gasteiger partial charge in [0.25, 0.3) is 0 Å². The number of fused-ring (bicyclic) bond motifs is 1. The Morgan fingerprint density at radius 1 is 1.12 bits per heavy atom. The zero-order chi connectivity index (χ0) is 12.0. The number of nitrogens with one attached hydrogen (secondary N) is 1. The van der Waals surface area contributed by atoms with Crippen molar-refractivity contribution in [3.8, 4) is 0 Å². The van der Waals surface area contributed by atoms with E-state index in [0.717, 1.165) is 11.0 Å². The highest BCUT2D eigenvalue weighted by atomic mass is 16.4. The van der Waals surface area contributed by atoms with Gasteiger partial charge in [0, 0.05) is 5.92 Å². The van der Waals surface area contributed by atoms with Crippen LogP contribution in [0.25, 0.3) is 11.0 Å². The summed E-state index contributed by atoms with van der Waals surface area (Å²) in [6.07, 6.45) is -2.62. The van der Waals surface area contributed by atoms with Gasteiger partial charge in [-0.05, 0) is 18.6 Å². The molecule has 5 nitrogen and oxygen atoms in total. The summed E-state index contributed by atoms with van der Waals surface area (Å²) >= 11 is 0. The van der Waals surface area contributed by atoms with Gasteiger partial charge < -0.3 is 20.3 Å². The number of aromatic nitrogens is 2. The number of nitrogens with zero attached hydrogens (tertiary/aromatic N) is 1. The molecular formula is C12H14N2O3. The maximum atomic E-state index is 9.84. The topological polar surface area (TPSA) is 89.4 Å². The summed E-state index contributed by atoms with van der Waals surface area (Å²) < 4.78 is 0. The SMILES string of the molecule is O[C@@H]1[C@H](O)[C@@H](c2nc3ccccc3[nH]2)C[C@H]1O. The van der Waals surface area contributed by atoms with Crippen LogP contribution in [-0.2, 0) is 0 Å². The molecule has 1 aliphatic carbocycles. The average molecular weight is 234 g/mol. The molecule has 1 aromatic carbocycles. The van der Waals surface area contributed by atoms with Crippen LogP contribution >= 0.6 is 0 Å². The molecule has 5 heteroatoms. The molecule has 1 aromatic heterocycles. The number of imidazole rings is 1. The van der Waals surface area contributed by atoms with Gasteiger partial charge in [-0.25, -0.2) is 4.98 Å². The predicted octanol–water partition coefficient (Wildman–Crippen LogP) is 0.133. The van der Waals surface area contributed by atoms with Crippen LogP contribution in [0.2, 0.25) is 0 Å². The first-order chi connectivity index (χ1) is 8.16. The molecule has 0 spiro atoms. The lowest BCUT2D eigenvalue weighted by molar-refractivity contribution is -0.0212. The van der Waals surface area contributed by atoms with E-state index in [9.17, 15) is 15.3 Å². The van der Waals surface area contributed by atoms with Crippen LogP contribution < -0.4 is 0 Å². The Morgan fingerprint density at radius 3 is 2.53 bits per heavy atom. The van der Waals surface area contributed by atoms with Crippen LogP contribution in [0.1, 0.15) is 18.2 Å². The molecule has 0 amide bonds. The van der Waals surface area contributed by atoms with Crippen molar-refractivity contribution in [3.05, 3.63) is 30.1 Å². The van der Waals surface area contributed by atoms with Crippen molar-refractivity contribution in [2.75, 3.05) is 0 Å². The van der Waals surface area contributed by atoms with Crippen molar-refractivity contribution < 1.29 is 15.3 Å². The monoisotopic (exact) mass is 234 g/mol. The molecule has 0 bridgehead atoms. The van der Waals surface area contributed by atoms with Gasteiger partial charge >= 0.3 is 0 Å². The fraction of sp³-hybridized carbons (Fsp3) is 0.417. The molecule has 1 saturated carbocycles. The summed E-state index contributed by atoms with van der Waals surface area (Å²) in [6, 6.07) is 7.57. The highest BCUT2D eigenvalue weighted by molar-refractivity contribution is 5.74. The minimum absolute atomic E-state index is 0.322. The summed E-state index contributed by atoms with van der Waals surface area (Å²) in [7, 11) is 0. The van der Waals surface area contributed by atoms with E-state index in [1.54, 1.807) is 0 Å². The molecule has 0 aliphatic heterocycles. The van der Waals surface area contributed by atoms with Crippen LogP contribution in [0.15, 0.2) is 24.3 Å². The number of rotatable bonds is 1. The van der Waals surface area contributed by atoms with Crippen LogP contribution in [0.3, 0.4) is 0 Å². The van der Waals surface area contributed by atoms with Crippen LogP contribution in [0.5, 0.6) is 0 Å². The lowest BCUT2D eigenvalue weighted by atomic mass is 10.1. The standard InChI is InChI=1S/C12H14N2O3/c15-9-5-6(10(16)11(9)17)12-13-7-3-1-2-4-8(7)14-12/h1-4,6,9-11,15-17H,5H2,(H,13,14)/t6-,9+,10+,11-/m0/s1. The second-order valence-electron chi connectivity index (χ2n) is 4.53. The number of hydrogen-bond donors (Lipinski definition) is 4. The van der Waals surface area contributed by atoms with Crippen LogP contribution in [0, 0.1) is 0 Å². The summed E-state index contributed by atoms with van der Waals surface area (Å²) in [6.45, 7) is 0. The Labute approximate surface area is 97.7 Å². The van der Waals surface area contributed by atoms with Gasteiger partial charge in [-0.1, -0.05) is 12.1 Å². The Hall–Kier alpha value is -1.43. The molecule has 3 rings (SSSR count). The molecule has 17 heavy (non-hydrogen) atoms. The Kier molecular flexibility index (Phi) is 2.39. The average Bonchev–Trinajstić information content (AvgIpc) is 2.86. The van der Waals surface area contributed by atoms with Gasteiger partial charge in [0.15, 0.2) is 0 Å². The lowest BCUT2D eigenvalue weighted by Gasteiger charge is -2.13. The first-order valence-electron chi connectivity index (χ1n) is 5.65. The highest BCUT2D eigenvalue weighted by Gasteiger charge is 2.42. The molecule has 0 saturated heterocycles. The highest BCUT2D eigenvalue weighted by Crippen LogP contribution is 2.34. The molecule has 90 valence electrons. The molecule has 1 aliphatic rings. The Bertz CT molecular complexity index is 506. The number of aliphatic hydroxyl groups is 3. The second-order valence-corrected chi connectivity index (χ2v) is 4.53. The molecule has 4 atom stereocenters. The van der Waals surface area contributed by atoms with Crippen molar-refractivity contribution in [3.63, 3.8) is 0 Å². The van der Waals surface area contributed by atoms with Crippen molar-refractivity contribution in [2.24, 2.45) is 0 Å². The van der Waals surface area contributed by atoms with Gasteiger partial charge in [0.05, 0.1) is 23.2 Å². The van der Waals surface area contributed by atoms with E-state index in [1.807, 2.05) is 24.3 Å². The minimum Gasteiger partial charge on any atom is -0.390 e. The molecule has 1 heterocycles. The van der Waals surface area contributed by atoms with E-state index in [4.69, 9.17) is 0 Å². The quantitative estimate of drug-likeness (QED) is 0.564. The number of benzene rings is 1. The zero-order valence-corrected chi connectivity index (χ0v) is 9.11. The van der Waals surface area contributed by atoms with E-state index in [-0.39, 0.29) is 5.92 Å². The Morgan fingerprint density at radius 2 is 1.88 bits per heavy atom. The van der Waals surface area contributed by atoms with Gasteiger partial charge in [0.1, 0.15) is 11.9 Å². The van der Waals surface area contributed by atoms with E-state index >= 15 is 0 Å². The van der Waals surface area contributed by atoms with Gasteiger partial charge in [-0.2, -0.15) is 0 Å². The normalized spacial score (nSPS) is 33.4. The van der Waals surface area contributed by atoms with Crippen molar-refractivity contribution in [1.29, 1.82) is 0 Å². The minimum atomic E-state index is -1.09. The number of H-pyrrole nitrogens is 1. The van der Waals surface area contributed by atoms with E-state index in [1.165, 1.54) is 0 Å². The smallest absolute Gasteiger partial charge is 0.113 e. The third-order valence-electron chi connectivity index (χ3n) is 3.41. The van der Waals surface area contributed by atoms with Crippen LogP contribution in [0.4, 0.5) is 0 Å². The predicted molar refractivity (Wildman–Crippen MR) is 61.5 cm³/mol. The van der Waals surface area contributed by atoms with Gasteiger partial charge in [-0.3, -0.25) is 0 Å². The lowest BCUT2D eigenvalue weighted by Crippen LogP contribution is -2.30. The number of aliphatic hydroxyl groups excluding tert-OH is 3. The van der Waals surface area contributed by atoms with E-state index < -0.39 is 18.3 Å². The summed E-state index contributed by atoms with van der Waals surface area (Å²) in [5, 5.41) is 28.9. The zero-order valence-electron chi connectivity index (χ0n) is 9.11. The fourth-order valence-electron chi connectivity index (χ4n) is 2.43. The molecule has 0 radical (unpaired) electrons. The first kappa shape index (κ1) is 10.7. The largest absolute Gasteiger partial charge is 0.390 e. The third kappa shape index (κ3) is 1.63. The second kappa shape index (κ2) is 3.80. The number of hydrogen-bond acceptors (Lipinski definition) is 4. The van der Waals surface area contributed by atoms with Crippen molar-refractivity contribution in [2.45, 2.75) is 30.7 Å². The number of para-hydroxylation sites is 2. The summed E-state index contributed by atoms with van der Waals surface area (Å²) in [5.41, 5.74) is 1.72. The molecule has 1 fully saturated rings. The molecule has 2 aromatic rings. The molecular weight excluding hydrogens is 220 g/mol. The first-order valence-corrected chi connectivity index (χ1v) is 5.65.